The smallest absolute Gasteiger partial charge is 0.268 e. The summed E-state index contributed by atoms with van der Waals surface area (Å²) in [4.78, 5) is 0. The third kappa shape index (κ3) is 2.25. The zero-order valence-electron chi connectivity index (χ0n) is 7.49. The number of hydrogen-bond donors (Lipinski definition) is 2. The van der Waals surface area contributed by atoms with E-state index in [0.29, 0.717) is 0 Å². The molecule has 0 aromatic heterocycles. The first kappa shape index (κ1) is 11.9. The SMILES string of the molecule is CC1C(S(=O)(=O)O)CCC1S(=O)(=O)O. The van der Waals surface area contributed by atoms with Crippen molar-refractivity contribution in [2.45, 2.75) is 30.3 Å². The summed E-state index contributed by atoms with van der Waals surface area (Å²) in [6.07, 6.45) is 0.120. The summed E-state index contributed by atoms with van der Waals surface area (Å²) in [6.45, 7) is 1.39. The summed E-state index contributed by atoms with van der Waals surface area (Å²) in [5.74, 6) is -0.778. The van der Waals surface area contributed by atoms with Crippen LogP contribution < -0.4 is 0 Å². The van der Waals surface area contributed by atoms with E-state index in [4.69, 9.17) is 9.11 Å². The van der Waals surface area contributed by atoms with Gasteiger partial charge in [0.05, 0.1) is 10.5 Å². The Kier molecular flexibility index (Phi) is 2.92. The Balaban J connectivity index is 2.96. The van der Waals surface area contributed by atoms with Crippen molar-refractivity contribution in [3.05, 3.63) is 0 Å². The molecule has 2 atom stereocenters. The van der Waals surface area contributed by atoms with Crippen LogP contribution in [0.4, 0.5) is 0 Å². The minimum Gasteiger partial charge on any atom is -0.285 e. The van der Waals surface area contributed by atoms with Gasteiger partial charge >= 0.3 is 0 Å². The van der Waals surface area contributed by atoms with Crippen molar-refractivity contribution in [2.75, 3.05) is 0 Å². The summed E-state index contributed by atoms with van der Waals surface area (Å²) in [6, 6.07) is 0. The quantitative estimate of drug-likeness (QED) is 0.658. The van der Waals surface area contributed by atoms with Gasteiger partial charge in [-0.25, -0.2) is 0 Å². The molecular formula is C6H12O6S2. The van der Waals surface area contributed by atoms with Crippen LogP contribution in [0.5, 0.6) is 0 Å². The van der Waals surface area contributed by atoms with Crippen LogP contribution >= 0.6 is 0 Å². The standard InChI is InChI=1S/C6H12O6S2/c1-4-5(13(7,8)9)2-3-6(4)14(10,11)12/h4-6H,2-3H2,1H3,(H,7,8,9)(H,10,11,12). The molecule has 0 saturated heterocycles. The molecule has 0 bridgehead atoms. The monoisotopic (exact) mass is 244 g/mol. The molecule has 6 nitrogen and oxygen atoms in total. The lowest BCUT2D eigenvalue weighted by Crippen LogP contribution is -2.31. The lowest BCUT2D eigenvalue weighted by molar-refractivity contribution is 0.434. The fourth-order valence-corrected chi connectivity index (χ4v) is 4.37. The Morgan fingerprint density at radius 3 is 1.36 bits per heavy atom. The van der Waals surface area contributed by atoms with Crippen molar-refractivity contribution < 1.29 is 25.9 Å². The molecule has 1 rings (SSSR count). The van der Waals surface area contributed by atoms with Crippen molar-refractivity contribution in [1.29, 1.82) is 0 Å². The molecule has 2 N–H and O–H groups in total. The molecule has 1 aliphatic rings. The van der Waals surface area contributed by atoms with E-state index in [1.807, 2.05) is 0 Å². The average molecular weight is 244 g/mol. The zero-order chi connectivity index (χ0) is 11.1. The zero-order valence-corrected chi connectivity index (χ0v) is 9.12. The second kappa shape index (κ2) is 3.44. The molecule has 0 spiro atoms. The largest absolute Gasteiger partial charge is 0.285 e. The molecular weight excluding hydrogens is 232 g/mol. The van der Waals surface area contributed by atoms with Gasteiger partial charge in [-0.2, -0.15) is 16.8 Å². The molecule has 1 aliphatic carbocycles. The van der Waals surface area contributed by atoms with Gasteiger partial charge in [0.25, 0.3) is 20.2 Å². The molecule has 0 aromatic rings. The first-order valence-corrected chi connectivity index (χ1v) is 7.07. The Morgan fingerprint density at radius 2 is 1.21 bits per heavy atom. The normalized spacial score (nSPS) is 34.6. The van der Waals surface area contributed by atoms with Crippen LogP contribution in [-0.2, 0) is 20.2 Å². The van der Waals surface area contributed by atoms with Crippen molar-refractivity contribution >= 4 is 20.2 Å². The highest BCUT2D eigenvalue weighted by Crippen LogP contribution is 2.34. The van der Waals surface area contributed by atoms with E-state index in [1.165, 1.54) is 6.92 Å². The molecule has 0 amide bonds. The number of hydrogen-bond acceptors (Lipinski definition) is 4. The van der Waals surface area contributed by atoms with E-state index < -0.39 is 36.7 Å². The fraction of sp³-hybridized carbons (Fsp3) is 1.00. The van der Waals surface area contributed by atoms with Crippen molar-refractivity contribution in [3.63, 3.8) is 0 Å². The van der Waals surface area contributed by atoms with Gasteiger partial charge in [0.2, 0.25) is 0 Å². The highest BCUT2D eigenvalue weighted by molar-refractivity contribution is 7.87. The van der Waals surface area contributed by atoms with Gasteiger partial charge in [0.1, 0.15) is 0 Å². The minimum absolute atomic E-state index is 0.0600. The molecule has 0 aromatic carbocycles. The maximum absolute atomic E-state index is 10.8. The predicted molar refractivity (Wildman–Crippen MR) is 49.1 cm³/mol. The van der Waals surface area contributed by atoms with Gasteiger partial charge in [-0.05, 0) is 18.8 Å². The lowest BCUT2D eigenvalue weighted by Gasteiger charge is -2.15. The van der Waals surface area contributed by atoms with Crippen LogP contribution in [0.25, 0.3) is 0 Å². The summed E-state index contributed by atoms with van der Waals surface area (Å²) in [5, 5.41) is -2.18. The van der Waals surface area contributed by atoms with Crippen molar-refractivity contribution in [2.24, 2.45) is 5.92 Å². The van der Waals surface area contributed by atoms with Crippen LogP contribution in [0.1, 0.15) is 19.8 Å². The molecule has 1 saturated carbocycles. The van der Waals surface area contributed by atoms with Gasteiger partial charge in [-0.15, -0.1) is 0 Å². The topological polar surface area (TPSA) is 109 Å². The van der Waals surface area contributed by atoms with Gasteiger partial charge in [-0.3, -0.25) is 9.11 Å². The van der Waals surface area contributed by atoms with Gasteiger partial charge in [-0.1, -0.05) is 6.92 Å². The van der Waals surface area contributed by atoms with Crippen LogP contribution in [0.2, 0.25) is 0 Å². The minimum atomic E-state index is -4.22. The van der Waals surface area contributed by atoms with E-state index in [9.17, 15) is 16.8 Å². The Labute approximate surface area is 82.8 Å². The molecule has 0 radical (unpaired) electrons. The maximum atomic E-state index is 10.8. The Bertz CT molecular complexity index is 368. The average Bonchev–Trinajstić information content (AvgIpc) is 2.26. The van der Waals surface area contributed by atoms with E-state index in [0.717, 1.165) is 0 Å². The summed E-state index contributed by atoms with van der Waals surface area (Å²) in [5.41, 5.74) is 0. The molecule has 1 fully saturated rings. The fourth-order valence-electron chi connectivity index (χ4n) is 1.93. The van der Waals surface area contributed by atoms with E-state index in [-0.39, 0.29) is 12.8 Å². The van der Waals surface area contributed by atoms with Crippen LogP contribution in [0.3, 0.4) is 0 Å². The molecule has 8 heteroatoms. The number of rotatable bonds is 2. The van der Waals surface area contributed by atoms with Crippen LogP contribution in [0.15, 0.2) is 0 Å². The second-order valence-corrected chi connectivity index (χ2v) is 6.81. The Morgan fingerprint density at radius 1 is 0.929 bits per heavy atom. The van der Waals surface area contributed by atoms with Crippen LogP contribution in [0, 0.1) is 5.92 Å². The van der Waals surface area contributed by atoms with Crippen LogP contribution in [-0.4, -0.2) is 36.4 Å². The predicted octanol–water partition coefficient (Wildman–Crippen LogP) is -0.0709. The van der Waals surface area contributed by atoms with E-state index in [2.05, 4.69) is 0 Å². The highest BCUT2D eigenvalue weighted by Gasteiger charge is 2.45. The van der Waals surface area contributed by atoms with E-state index in [1.54, 1.807) is 0 Å². The van der Waals surface area contributed by atoms with Gasteiger partial charge in [0.15, 0.2) is 0 Å². The molecule has 14 heavy (non-hydrogen) atoms. The Hall–Kier alpha value is -0.180. The van der Waals surface area contributed by atoms with Gasteiger partial charge in [0, 0.05) is 0 Å². The first-order chi connectivity index (χ1) is 6.14. The summed E-state index contributed by atoms with van der Waals surface area (Å²) >= 11 is 0. The van der Waals surface area contributed by atoms with Gasteiger partial charge < -0.3 is 0 Å². The highest BCUT2D eigenvalue weighted by atomic mass is 32.2. The van der Waals surface area contributed by atoms with Crippen molar-refractivity contribution in [3.8, 4) is 0 Å². The lowest BCUT2D eigenvalue weighted by atomic mass is 10.1. The van der Waals surface area contributed by atoms with Crippen molar-refractivity contribution in [1.82, 2.24) is 0 Å². The second-order valence-electron chi connectivity index (χ2n) is 3.54. The molecule has 0 heterocycles. The third-order valence-corrected chi connectivity index (χ3v) is 5.53. The first-order valence-electron chi connectivity index (χ1n) is 4.06. The summed E-state index contributed by atoms with van der Waals surface area (Å²) in [7, 11) is -8.44. The molecule has 0 aliphatic heterocycles. The van der Waals surface area contributed by atoms with E-state index >= 15 is 0 Å². The maximum Gasteiger partial charge on any atom is 0.268 e. The summed E-state index contributed by atoms with van der Waals surface area (Å²) < 4.78 is 60.7. The third-order valence-electron chi connectivity index (χ3n) is 2.67. The molecule has 84 valence electrons. The molecule has 2 unspecified atom stereocenters.